The molecule has 0 atom stereocenters. The smallest absolute Gasteiger partial charge is 0.257 e. The maximum absolute atomic E-state index is 12.4. The highest BCUT2D eigenvalue weighted by atomic mass is 32.1. The first-order valence-electron chi connectivity index (χ1n) is 9.92. The summed E-state index contributed by atoms with van der Waals surface area (Å²) in [5, 5.41) is 6.03. The van der Waals surface area contributed by atoms with Gasteiger partial charge in [0.2, 0.25) is 0 Å². The Morgan fingerprint density at radius 1 is 0.964 bits per heavy atom. The second-order valence-corrected chi connectivity index (χ2v) is 7.40. The summed E-state index contributed by atoms with van der Waals surface area (Å²) in [5.74, 6) is 0.537. The van der Waals surface area contributed by atoms with Crippen LogP contribution in [0.25, 0.3) is 0 Å². The van der Waals surface area contributed by atoms with Crippen LogP contribution in [0.5, 0.6) is 5.75 Å². The normalized spacial score (nSPS) is 10.4. The van der Waals surface area contributed by atoms with Crippen molar-refractivity contribution in [2.75, 3.05) is 11.9 Å². The molecule has 0 aliphatic heterocycles. The number of amides is 1. The molecule has 1 amide bonds. The van der Waals surface area contributed by atoms with Gasteiger partial charge in [-0.05, 0) is 80.0 Å². The lowest BCUT2D eigenvalue weighted by Crippen LogP contribution is -2.34. The highest BCUT2D eigenvalue weighted by molar-refractivity contribution is 7.80. The lowest BCUT2D eigenvalue weighted by atomic mass is 10.1. The van der Waals surface area contributed by atoms with E-state index in [2.05, 4.69) is 24.5 Å². The molecule has 150 valence electrons. The van der Waals surface area contributed by atoms with Gasteiger partial charge in [0.15, 0.2) is 5.11 Å². The predicted octanol–water partition coefficient (Wildman–Crippen LogP) is 5.78. The molecule has 0 aromatic heterocycles. The van der Waals surface area contributed by atoms with Crippen molar-refractivity contribution in [1.82, 2.24) is 5.32 Å². The van der Waals surface area contributed by atoms with Crippen LogP contribution in [0.4, 0.5) is 5.69 Å². The molecule has 2 aromatic carbocycles. The minimum Gasteiger partial charge on any atom is -0.494 e. The Balaban J connectivity index is 1.78. The molecule has 0 heterocycles. The monoisotopic (exact) mass is 398 g/mol. The van der Waals surface area contributed by atoms with E-state index in [0.717, 1.165) is 17.9 Å². The number of hydrogen-bond donors (Lipinski definition) is 2. The summed E-state index contributed by atoms with van der Waals surface area (Å²) < 4.78 is 5.73. The van der Waals surface area contributed by atoms with Crippen LogP contribution in [0, 0.1) is 13.8 Å². The lowest BCUT2D eigenvalue weighted by molar-refractivity contribution is 0.0977. The number of carbonyl (C=O) groups is 1. The molecule has 0 spiro atoms. The average molecular weight is 399 g/mol. The molecule has 0 fully saturated rings. The molecule has 4 nitrogen and oxygen atoms in total. The standard InChI is InChI=1S/C23H30N2O2S/c1-4-5-6-7-8-15-27-21-13-10-19(11-14-21)22(26)25-23(28)24-20-12-9-17(2)18(3)16-20/h9-14,16H,4-8,15H2,1-3H3,(H2,24,25,26,28). The lowest BCUT2D eigenvalue weighted by Gasteiger charge is -2.11. The third-order valence-corrected chi connectivity index (χ3v) is 4.83. The minimum atomic E-state index is -0.243. The number of carbonyl (C=O) groups excluding carboxylic acids is 1. The van der Waals surface area contributed by atoms with Crippen LogP contribution in [0.2, 0.25) is 0 Å². The number of anilines is 1. The van der Waals surface area contributed by atoms with Crippen LogP contribution in [0.15, 0.2) is 42.5 Å². The van der Waals surface area contributed by atoms with Crippen molar-refractivity contribution in [3.05, 3.63) is 59.2 Å². The van der Waals surface area contributed by atoms with Crippen molar-refractivity contribution in [3.8, 4) is 5.75 Å². The van der Waals surface area contributed by atoms with Gasteiger partial charge in [-0.3, -0.25) is 10.1 Å². The quantitative estimate of drug-likeness (QED) is 0.415. The van der Waals surface area contributed by atoms with E-state index < -0.39 is 0 Å². The molecule has 2 aromatic rings. The van der Waals surface area contributed by atoms with E-state index in [4.69, 9.17) is 17.0 Å². The van der Waals surface area contributed by atoms with E-state index in [-0.39, 0.29) is 11.0 Å². The SMILES string of the molecule is CCCCCCCOc1ccc(C(=O)NC(=S)Nc2ccc(C)c(C)c2)cc1. The van der Waals surface area contributed by atoms with Gasteiger partial charge in [0.1, 0.15) is 5.75 Å². The van der Waals surface area contributed by atoms with Crippen molar-refractivity contribution >= 4 is 28.9 Å². The van der Waals surface area contributed by atoms with E-state index in [1.165, 1.54) is 36.8 Å². The van der Waals surface area contributed by atoms with Crippen LogP contribution >= 0.6 is 12.2 Å². The molecule has 0 unspecified atom stereocenters. The fourth-order valence-corrected chi connectivity index (χ4v) is 2.97. The average Bonchev–Trinajstić information content (AvgIpc) is 2.68. The van der Waals surface area contributed by atoms with Crippen molar-refractivity contribution in [1.29, 1.82) is 0 Å². The third-order valence-electron chi connectivity index (χ3n) is 4.62. The molecule has 28 heavy (non-hydrogen) atoms. The Bertz CT molecular complexity index is 788. The first kappa shape index (κ1) is 21.9. The molecule has 2 rings (SSSR count). The fraction of sp³-hybridized carbons (Fsp3) is 0.391. The van der Waals surface area contributed by atoms with Crippen molar-refractivity contribution in [2.24, 2.45) is 0 Å². The molecule has 0 radical (unpaired) electrons. The zero-order valence-electron chi connectivity index (χ0n) is 17.0. The number of aryl methyl sites for hydroxylation is 2. The first-order chi connectivity index (χ1) is 13.5. The Morgan fingerprint density at radius 3 is 2.36 bits per heavy atom. The van der Waals surface area contributed by atoms with Gasteiger partial charge < -0.3 is 10.1 Å². The molecule has 0 aliphatic rings. The van der Waals surface area contributed by atoms with Crippen molar-refractivity contribution in [2.45, 2.75) is 52.9 Å². The largest absolute Gasteiger partial charge is 0.494 e. The fourth-order valence-electron chi connectivity index (χ4n) is 2.75. The molecule has 5 heteroatoms. The Labute approximate surface area is 173 Å². The van der Waals surface area contributed by atoms with Crippen LogP contribution in [-0.2, 0) is 0 Å². The number of nitrogens with one attached hydrogen (secondary N) is 2. The zero-order valence-corrected chi connectivity index (χ0v) is 17.8. The number of thiocarbonyl (C=S) groups is 1. The summed E-state index contributed by atoms with van der Waals surface area (Å²) in [4.78, 5) is 12.4. The van der Waals surface area contributed by atoms with E-state index in [1.807, 2.05) is 37.3 Å². The van der Waals surface area contributed by atoms with E-state index >= 15 is 0 Å². The van der Waals surface area contributed by atoms with Gasteiger partial charge in [-0.25, -0.2) is 0 Å². The predicted molar refractivity (Wildman–Crippen MR) is 120 cm³/mol. The van der Waals surface area contributed by atoms with Gasteiger partial charge in [0.25, 0.3) is 5.91 Å². The summed E-state index contributed by atoms with van der Waals surface area (Å²) in [7, 11) is 0. The second-order valence-electron chi connectivity index (χ2n) is 6.99. The number of hydrogen-bond acceptors (Lipinski definition) is 3. The highest BCUT2D eigenvalue weighted by Gasteiger charge is 2.08. The Hall–Kier alpha value is -2.40. The van der Waals surface area contributed by atoms with Gasteiger partial charge >= 0.3 is 0 Å². The number of benzene rings is 2. The third kappa shape index (κ3) is 7.31. The molecule has 0 bridgehead atoms. The summed E-state index contributed by atoms with van der Waals surface area (Å²) >= 11 is 5.25. The molecule has 0 saturated carbocycles. The van der Waals surface area contributed by atoms with E-state index in [1.54, 1.807) is 12.1 Å². The number of ether oxygens (including phenoxy) is 1. The maximum atomic E-state index is 12.4. The van der Waals surface area contributed by atoms with Gasteiger partial charge in [-0.2, -0.15) is 0 Å². The molecular formula is C23H30N2O2S. The van der Waals surface area contributed by atoms with Crippen molar-refractivity contribution in [3.63, 3.8) is 0 Å². The van der Waals surface area contributed by atoms with Crippen LogP contribution in [0.1, 0.15) is 60.5 Å². The summed E-state index contributed by atoms with van der Waals surface area (Å²) in [6, 6.07) is 13.1. The second kappa shape index (κ2) is 11.4. The molecule has 2 N–H and O–H groups in total. The van der Waals surface area contributed by atoms with Gasteiger partial charge in [0, 0.05) is 11.3 Å². The van der Waals surface area contributed by atoms with Crippen molar-refractivity contribution < 1.29 is 9.53 Å². The van der Waals surface area contributed by atoms with Crippen LogP contribution < -0.4 is 15.4 Å². The maximum Gasteiger partial charge on any atom is 0.257 e. The minimum absolute atomic E-state index is 0.243. The Kier molecular flexibility index (Phi) is 8.95. The molecule has 0 saturated heterocycles. The summed E-state index contributed by atoms with van der Waals surface area (Å²) in [6.07, 6.45) is 6.03. The highest BCUT2D eigenvalue weighted by Crippen LogP contribution is 2.15. The summed E-state index contributed by atoms with van der Waals surface area (Å²) in [5.41, 5.74) is 3.78. The Morgan fingerprint density at radius 2 is 1.68 bits per heavy atom. The van der Waals surface area contributed by atoms with E-state index in [9.17, 15) is 4.79 Å². The van der Waals surface area contributed by atoms with Gasteiger partial charge in [-0.15, -0.1) is 0 Å². The molecular weight excluding hydrogens is 368 g/mol. The topological polar surface area (TPSA) is 50.4 Å². The van der Waals surface area contributed by atoms with Gasteiger partial charge in [0.05, 0.1) is 6.61 Å². The van der Waals surface area contributed by atoms with Crippen LogP contribution in [0.3, 0.4) is 0 Å². The number of unbranched alkanes of at least 4 members (excludes halogenated alkanes) is 4. The van der Waals surface area contributed by atoms with Gasteiger partial charge in [-0.1, -0.05) is 38.7 Å². The molecule has 0 aliphatic carbocycles. The van der Waals surface area contributed by atoms with Crippen LogP contribution in [-0.4, -0.2) is 17.6 Å². The zero-order chi connectivity index (χ0) is 20.4. The first-order valence-corrected chi connectivity index (χ1v) is 10.3. The number of rotatable bonds is 9. The van der Waals surface area contributed by atoms with E-state index in [0.29, 0.717) is 12.2 Å². The summed E-state index contributed by atoms with van der Waals surface area (Å²) in [6.45, 7) is 7.01.